The first-order chi connectivity index (χ1) is 15.2. The highest BCUT2D eigenvalue weighted by molar-refractivity contribution is 6.04. The van der Waals surface area contributed by atoms with Gasteiger partial charge < -0.3 is 14.8 Å². The molecule has 4 nitrogen and oxygen atoms in total. The molecule has 0 saturated heterocycles. The Morgan fingerprint density at radius 3 is 2.39 bits per heavy atom. The SMILES string of the molecule is CCc1ccc(NC(=O)c2ccc(OC)c(COc3ccc4ccccc4c3)c2)cc1. The Labute approximate surface area is 182 Å². The third-order valence-electron chi connectivity index (χ3n) is 5.28. The molecule has 0 fully saturated rings. The number of carbonyl (C=O) groups excluding carboxylic acids is 1. The standard InChI is InChI=1S/C27H25NO3/c1-3-19-8-12-24(13-9-19)28-27(29)22-11-15-26(30-2)23(16-22)18-31-25-14-10-20-6-4-5-7-21(20)17-25/h4-17H,3,18H2,1-2H3,(H,28,29). The zero-order chi connectivity index (χ0) is 21.6. The molecule has 0 heterocycles. The molecule has 0 radical (unpaired) electrons. The van der Waals surface area contributed by atoms with Crippen molar-refractivity contribution < 1.29 is 14.3 Å². The summed E-state index contributed by atoms with van der Waals surface area (Å²) in [6, 6.07) is 27.4. The molecule has 4 aromatic carbocycles. The molecule has 4 rings (SSSR count). The van der Waals surface area contributed by atoms with Gasteiger partial charge in [-0.2, -0.15) is 0 Å². The Morgan fingerprint density at radius 1 is 0.871 bits per heavy atom. The molecule has 0 aliphatic carbocycles. The lowest BCUT2D eigenvalue weighted by Gasteiger charge is -2.13. The summed E-state index contributed by atoms with van der Waals surface area (Å²) in [5.74, 6) is 1.29. The van der Waals surface area contributed by atoms with Crippen molar-refractivity contribution in [3.05, 3.63) is 102 Å². The Balaban J connectivity index is 1.50. The third-order valence-corrected chi connectivity index (χ3v) is 5.28. The fraction of sp³-hybridized carbons (Fsp3) is 0.148. The van der Waals surface area contributed by atoms with E-state index < -0.39 is 0 Å². The molecule has 0 spiro atoms. The van der Waals surface area contributed by atoms with Crippen LogP contribution in [0.5, 0.6) is 11.5 Å². The third kappa shape index (κ3) is 4.86. The number of ether oxygens (including phenoxy) is 2. The molecule has 4 heteroatoms. The molecule has 4 aromatic rings. The van der Waals surface area contributed by atoms with Crippen LogP contribution in [-0.2, 0) is 13.0 Å². The number of benzene rings is 4. The quantitative estimate of drug-likeness (QED) is 0.391. The average Bonchev–Trinajstić information content (AvgIpc) is 2.82. The molecule has 0 saturated carbocycles. The Kier molecular flexibility index (Phi) is 6.18. The van der Waals surface area contributed by atoms with E-state index in [0.717, 1.165) is 34.2 Å². The molecule has 1 N–H and O–H groups in total. The lowest BCUT2D eigenvalue weighted by atomic mass is 10.1. The monoisotopic (exact) mass is 411 g/mol. The number of carbonyl (C=O) groups is 1. The van der Waals surface area contributed by atoms with Gasteiger partial charge in [-0.3, -0.25) is 4.79 Å². The Morgan fingerprint density at radius 2 is 1.65 bits per heavy atom. The minimum atomic E-state index is -0.168. The van der Waals surface area contributed by atoms with Crippen LogP contribution in [0.3, 0.4) is 0 Å². The molecular formula is C27H25NO3. The number of methoxy groups -OCH3 is 1. The molecule has 0 aliphatic heterocycles. The van der Waals surface area contributed by atoms with Crippen LogP contribution >= 0.6 is 0 Å². The first kappa shape index (κ1) is 20.5. The van der Waals surface area contributed by atoms with Gasteiger partial charge >= 0.3 is 0 Å². The second-order valence-corrected chi connectivity index (χ2v) is 7.33. The van der Waals surface area contributed by atoms with Gasteiger partial charge in [0.15, 0.2) is 0 Å². The van der Waals surface area contributed by atoms with Gasteiger partial charge in [0.2, 0.25) is 0 Å². The minimum Gasteiger partial charge on any atom is -0.496 e. The largest absolute Gasteiger partial charge is 0.496 e. The maximum atomic E-state index is 12.7. The highest BCUT2D eigenvalue weighted by Crippen LogP contribution is 2.25. The molecular weight excluding hydrogens is 386 g/mol. The highest BCUT2D eigenvalue weighted by Gasteiger charge is 2.12. The second-order valence-electron chi connectivity index (χ2n) is 7.33. The lowest BCUT2D eigenvalue weighted by Crippen LogP contribution is -2.13. The number of hydrogen-bond donors (Lipinski definition) is 1. The molecule has 0 aliphatic rings. The number of aryl methyl sites for hydroxylation is 1. The summed E-state index contributed by atoms with van der Waals surface area (Å²) in [5.41, 5.74) is 3.37. The summed E-state index contributed by atoms with van der Waals surface area (Å²) < 4.78 is 11.5. The molecule has 31 heavy (non-hydrogen) atoms. The Hall–Kier alpha value is -3.79. The van der Waals surface area contributed by atoms with Gasteiger partial charge in [0.05, 0.1) is 7.11 Å². The van der Waals surface area contributed by atoms with Gasteiger partial charge in [-0.1, -0.05) is 49.4 Å². The van der Waals surface area contributed by atoms with E-state index in [1.165, 1.54) is 5.56 Å². The Bertz CT molecular complexity index is 1200. The van der Waals surface area contributed by atoms with Crippen molar-refractivity contribution in [3.8, 4) is 11.5 Å². The van der Waals surface area contributed by atoms with Gasteiger partial charge in [-0.15, -0.1) is 0 Å². The van der Waals surface area contributed by atoms with Crippen LogP contribution in [0.1, 0.15) is 28.4 Å². The molecule has 0 bridgehead atoms. The summed E-state index contributed by atoms with van der Waals surface area (Å²) in [4.78, 5) is 12.7. The first-order valence-electron chi connectivity index (χ1n) is 10.3. The number of rotatable bonds is 7. The van der Waals surface area contributed by atoms with Gasteiger partial charge in [0.25, 0.3) is 5.91 Å². The average molecular weight is 412 g/mol. The van der Waals surface area contributed by atoms with E-state index in [4.69, 9.17) is 9.47 Å². The van der Waals surface area contributed by atoms with Crippen LogP contribution in [0.2, 0.25) is 0 Å². The zero-order valence-electron chi connectivity index (χ0n) is 17.7. The van der Waals surface area contributed by atoms with E-state index >= 15 is 0 Å². The van der Waals surface area contributed by atoms with Gasteiger partial charge in [-0.25, -0.2) is 0 Å². The summed E-state index contributed by atoms with van der Waals surface area (Å²) in [6.07, 6.45) is 0.966. The fourth-order valence-corrected chi connectivity index (χ4v) is 3.48. The van der Waals surface area contributed by atoms with E-state index in [9.17, 15) is 4.79 Å². The van der Waals surface area contributed by atoms with E-state index in [-0.39, 0.29) is 5.91 Å². The lowest BCUT2D eigenvalue weighted by molar-refractivity contribution is 0.102. The summed E-state index contributed by atoms with van der Waals surface area (Å²) >= 11 is 0. The van der Waals surface area contributed by atoms with Crippen molar-refractivity contribution in [1.29, 1.82) is 0 Å². The first-order valence-corrected chi connectivity index (χ1v) is 10.3. The zero-order valence-corrected chi connectivity index (χ0v) is 17.7. The number of nitrogens with one attached hydrogen (secondary N) is 1. The fourth-order valence-electron chi connectivity index (χ4n) is 3.48. The van der Waals surface area contributed by atoms with E-state index in [1.54, 1.807) is 19.2 Å². The van der Waals surface area contributed by atoms with Crippen LogP contribution in [0, 0.1) is 0 Å². The van der Waals surface area contributed by atoms with Crippen LogP contribution < -0.4 is 14.8 Å². The van der Waals surface area contributed by atoms with Gasteiger partial charge in [0, 0.05) is 16.8 Å². The number of amides is 1. The molecule has 0 atom stereocenters. The second kappa shape index (κ2) is 9.35. The summed E-state index contributed by atoms with van der Waals surface area (Å²) in [5, 5.41) is 5.23. The van der Waals surface area contributed by atoms with Crippen molar-refractivity contribution in [2.45, 2.75) is 20.0 Å². The number of fused-ring (bicyclic) bond motifs is 1. The summed E-state index contributed by atoms with van der Waals surface area (Å²) in [7, 11) is 1.61. The predicted octanol–water partition coefficient (Wildman–Crippen LogP) is 6.24. The highest BCUT2D eigenvalue weighted by atomic mass is 16.5. The smallest absolute Gasteiger partial charge is 0.255 e. The number of anilines is 1. The number of hydrogen-bond acceptors (Lipinski definition) is 3. The molecule has 0 aromatic heterocycles. The maximum absolute atomic E-state index is 12.7. The van der Waals surface area contributed by atoms with Crippen LogP contribution in [0.15, 0.2) is 84.9 Å². The van der Waals surface area contributed by atoms with E-state index in [1.807, 2.05) is 60.7 Å². The normalized spacial score (nSPS) is 10.6. The minimum absolute atomic E-state index is 0.168. The summed E-state index contributed by atoms with van der Waals surface area (Å²) in [6.45, 7) is 2.40. The van der Waals surface area contributed by atoms with Crippen LogP contribution in [0.25, 0.3) is 10.8 Å². The van der Waals surface area contributed by atoms with Crippen molar-refractivity contribution >= 4 is 22.4 Å². The van der Waals surface area contributed by atoms with Crippen molar-refractivity contribution in [2.75, 3.05) is 12.4 Å². The van der Waals surface area contributed by atoms with E-state index in [2.05, 4.69) is 24.4 Å². The van der Waals surface area contributed by atoms with Crippen LogP contribution in [0.4, 0.5) is 5.69 Å². The van der Waals surface area contributed by atoms with Crippen LogP contribution in [-0.4, -0.2) is 13.0 Å². The molecule has 156 valence electrons. The van der Waals surface area contributed by atoms with Crippen molar-refractivity contribution in [1.82, 2.24) is 0 Å². The van der Waals surface area contributed by atoms with E-state index in [0.29, 0.717) is 17.9 Å². The van der Waals surface area contributed by atoms with Crippen molar-refractivity contribution in [3.63, 3.8) is 0 Å². The predicted molar refractivity (Wildman–Crippen MR) is 125 cm³/mol. The topological polar surface area (TPSA) is 47.6 Å². The van der Waals surface area contributed by atoms with Gasteiger partial charge in [-0.05, 0) is 65.2 Å². The molecule has 1 amide bonds. The maximum Gasteiger partial charge on any atom is 0.255 e. The van der Waals surface area contributed by atoms with Crippen molar-refractivity contribution in [2.24, 2.45) is 0 Å². The molecule has 0 unspecified atom stereocenters. The van der Waals surface area contributed by atoms with Gasteiger partial charge in [0.1, 0.15) is 18.1 Å².